The Labute approximate surface area is 245 Å². The maximum absolute atomic E-state index is 12.2. The second-order valence-electron chi connectivity index (χ2n) is 8.76. The largest absolute Gasteiger partial charge is 0.375 e. The summed E-state index contributed by atoms with van der Waals surface area (Å²) in [5.41, 5.74) is 2.72. The van der Waals surface area contributed by atoms with Crippen LogP contribution in [-0.4, -0.2) is 46.4 Å². The van der Waals surface area contributed by atoms with Crippen LogP contribution in [-0.2, 0) is 17.8 Å². The van der Waals surface area contributed by atoms with Crippen molar-refractivity contribution in [3.63, 3.8) is 0 Å². The number of aromatic nitrogens is 3. The molecule has 0 aliphatic carbocycles. The zero-order chi connectivity index (χ0) is 29.8. The van der Waals surface area contributed by atoms with Gasteiger partial charge in [0.2, 0.25) is 0 Å². The molecule has 0 aliphatic heterocycles. The van der Waals surface area contributed by atoms with Gasteiger partial charge in [0.15, 0.2) is 5.78 Å². The van der Waals surface area contributed by atoms with E-state index in [1.807, 2.05) is 82.4 Å². The summed E-state index contributed by atoms with van der Waals surface area (Å²) in [6, 6.07) is 24.3. The number of H-pyrrole nitrogens is 1. The summed E-state index contributed by atoms with van der Waals surface area (Å²) in [5, 5.41) is 8.44. The van der Waals surface area contributed by atoms with Crippen LogP contribution in [0.25, 0.3) is 0 Å². The molecule has 0 fully saturated rings. The second kappa shape index (κ2) is 20.2. The average Bonchev–Trinajstić information content (AvgIpc) is 3.56. The average molecular weight is 566 g/mol. The molecule has 0 saturated carbocycles. The van der Waals surface area contributed by atoms with Crippen molar-refractivity contribution in [1.29, 1.82) is 0 Å². The van der Waals surface area contributed by atoms with E-state index in [0.717, 1.165) is 18.7 Å². The van der Waals surface area contributed by atoms with Gasteiger partial charge in [0.05, 0.1) is 12.1 Å². The number of Topliss-reactive ketones (excluding diaryl/α,β-unsaturated/α-hetero) is 1. The summed E-state index contributed by atoms with van der Waals surface area (Å²) in [4.78, 5) is 31.7. The number of anilines is 1. The van der Waals surface area contributed by atoms with Gasteiger partial charge in [-0.15, -0.1) is 11.3 Å². The molecule has 4 rings (SSSR count). The third kappa shape index (κ3) is 13.3. The smallest absolute Gasteiger partial charge is 0.343 e. The number of benzene rings is 2. The highest BCUT2D eigenvalue weighted by atomic mass is 32.1. The van der Waals surface area contributed by atoms with Crippen molar-refractivity contribution in [3.05, 3.63) is 105 Å². The van der Waals surface area contributed by atoms with Crippen molar-refractivity contribution in [2.75, 3.05) is 25.0 Å². The maximum atomic E-state index is 12.2. The predicted molar refractivity (Wildman–Crippen MR) is 173 cm³/mol. The first kappa shape index (κ1) is 34.2. The summed E-state index contributed by atoms with van der Waals surface area (Å²) in [5.74, 6) is 0.348. The molecule has 0 spiro atoms. The van der Waals surface area contributed by atoms with Crippen LogP contribution in [0.4, 0.5) is 5.69 Å². The number of aromatic amines is 1. The number of ketones is 1. The van der Waals surface area contributed by atoms with Crippen LogP contribution in [0.2, 0.25) is 0 Å². The number of hydrogen-bond donors (Lipinski definition) is 1. The zero-order valence-corrected chi connectivity index (χ0v) is 25.9. The van der Waals surface area contributed by atoms with Crippen molar-refractivity contribution in [2.45, 2.75) is 60.9 Å². The molecule has 0 unspecified atom stereocenters. The molecule has 0 aliphatic rings. The van der Waals surface area contributed by atoms with Crippen LogP contribution in [0.1, 0.15) is 51.8 Å². The van der Waals surface area contributed by atoms with Gasteiger partial charge in [-0.05, 0) is 63.3 Å². The Hall–Kier alpha value is -3.78. The number of thiophene rings is 1. The fraction of sp³-hybridized carbons (Fsp3) is 0.375. The molecule has 0 bridgehead atoms. The lowest BCUT2D eigenvalue weighted by atomic mass is 10.2. The Morgan fingerprint density at radius 3 is 2.10 bits per heavy atom. The van der Waals surface area contributed by atoms with Crippen LogP contribution in [0.15, 0.2) is 88.0 Å². The molecular formula is C32H47N5O2S. The fourth-order valence-corrected chi connectivity index (χ4v) is 4.19. The van der Waals surface area contributed by atoms with E-state index in [4.69, 9.17) is 0 Å². The highest BCUT2D eigenvalue weighted by molar-refractivity contribution is 7.10. The molecule has 2 aromatic heterocycles. The molecule has 40 heavy (non-hydrogen) atoms. The number of nitrogens with zero attached hydrogens (tertiary/aromatic N) is 4. The van der Waals surface area contributed by atoms with E-state index in [1.165, 1.54) is 15.0 Å². The minimum absolute atomic E-state index is 0. The third-order valence-corrected chi connectivity index (χ3v) is 6.58. The number of hydrogen-bond acceptors (Lipinski definition) is 6. The van der Waals surface area contributed by atoms with Gasteiger partial charge in [0.25, 0.3) is 0 Å². The van der Waals surface area contributed by atoms with E-state index in [0.29, 0.717) is 24.6 Å². The number of aryl methyl sites for hydroxylation is 2. The SMILES string of the molecule is CC.CCn1c(CC(=O)C(C)=NCCCN(C)c2ccccc2)n[nH]c1=O.Cc1csc(C)c1.[HH].c1ccccc1. The van der Waals surface area contributed by atoms with Crippen LogP contribution in [0.5, 0.6) is 0 Å². The maximum Gasteiger partial charge on any atom is 0.343 e. The molecule has 7 nitrogen and oxygen atoms in total. The third-order valence-electron chi connectivity index (χ3n) is 5.60. The van der Waals surface area contributed by atoms with Gasteiger partial charge in [-0.3, -0.25) is 14.4 Å². The highest BCUT2D eigenvalue weighted by Crippen LogP contribution is 2.11. The van der Waals surface area contributed by atoms with Gasteiger partial charge in [-0.1, -0.05) is 68.4 Å². The van der Waals surface area contributed by atoms with Crippen molar-refractivity contribution in [2.24, 2.45) is 4.99 Å². The topological polar surface area (TPSA) is 83.3 Å². The van der Waals surface area contributed by atoms with E-state index in [9.17, 15) is 9.59 Å². The van der Waals surface area contributed by atoms with E-state index < -0.39 is 0 Å². The summed E-state index contributed by atoms with van der Waals surface area (Å²) >= 11 is 1.80. The Balaban J connectivity index is 0.000000811. The first-order valence-electron chi connectivity index (χ1n) is 13.8. The standard InChI is InChI=1S/C18H25N5O2.C6H8S.C6H6.C2H6.H2/c1-4-23-17(20-21-18(23)25)13-16(24)14(2)19-11-8-12-22(3)15-9-6-5-7-10-15;1-5-3-6(2)7-4-5;1-2-4-6-5-3-1;1-2;/h5-7,9-10H,4,8,11-13H2,1-3H3,(H,21,25);3-4H,1-2H3;1-6H;1-2H3;1H. The molecule has 0 atom stereocenters. The quantitative estimate of drug-likeness (QED) is 0.175. The van der Waals surface area contributed by atoms with Gasteiger partial charge < -0.3 is 4.90 Å². The molecule has 2 heterocycles. The molecular weight excluding hydrogens is 518 g/mol. The van der Waals surface area contributed by atoms with Gasteiger partial charge in [0.1, 0.15) is 5.82 Å². The molecule has 0 amide bonds. The van der Waals surface area contributed by atoms with Gasteiger partial charge in [-0.25, -0.2) is 9.89 Å². The Bertz CT molecular complexity index is 1260. The first-order chi connectivity index (χ1) is 19.3. The molecule has 0 radical (unpaired) electrons. The number of nitrogens with one attached hydrogen (secondary N) is 1. The van der Waals surface area contributed by atoms with Gasteiger partial charge in [-0.2, -0.15) is 5.10 Å². The Morgan fingerprint density at radius 2 is 1.62 bits per heavy atom. The lowest BCUT2D eigenvalue weighted by molar-refractivity contribution is -0.112. The van der Waals surface area contributed by atoms with Crippen molar-refractivity contribution in [1.82, 2.24) is 14.8 Å². The van der Waals surface area contributed by atoms with E-state index in [-0.39, 0.29) is 19.3 Å². The van der Waals surface area contributed by atoms with Crippen LogP contribution in [0, 0.1) is 13.8 Å². The second-order valence-corrected chi connectivity index (χ2v) is 9.87. The van der Waals surface area contributed by atoms with Crippen molar-refractivity contribution in [3.8, 4) is 0 Å². The summed E-state index contributed by atoms with van der Waals surface area (Å²) in [6.07, 6.45) is 0.948. The number of aliphatic imine (C=N–C) groups is 1. The predicted octanol–water partition coefficient (Wildman–Crippen LogP) is 7.01. The summed E-state index contributed by atoms with van der Waals surface area (Å²) in [7, 11) is 2.04. The Kier molecular flexibility index (Phi) is 17.3. The number of rotatable bonds is 9. The molecule has 2 aromatic carbocycles. The summed E-state index contributed by atoms with van der Waals surface area (Å²) in [6.45, 7) is 13.7. The molecule has 8 heteroatoms. The number of para-hydroxylation sites is 1. The highest BCUT2D eigenvalue weighted by Gasteiger charge is 2.13. The fourth-order valence-electron chi connectivity index (χ4n) is 3.50. The number of carbonyl (C=O) groups is 1. The van der Waals surface area contributed by atoms with Crippen molar-refractivity contribution >= 4 is 28.5 Å². The molecule has 1 N–H and O–H groups in total. The van der Waals surface area contributed by atoms with Crippen LogP contribution < -0.4 is 10.6 Å². The lowest BCUT2D eigenvalue weighted by Gasteiger charge is -2.18. The molecule has 4 aromatic rings. The first-order valence-corrected chi connectivity index (χ1v) is 14.7. The van der Waals surface area contributed by atoms with E-state index >= 15 is 0 Å². The van der Waals surface area contributed by atoms with Crippen LogP contribution in [0.3, 0.4) is 0 Å². The minimum Gasteiger partial charge on any atom is -0.375 e. The minimum atomic E-state index is -0.288. The normalized spacial score (nSPS) is 10.2. The monoisotopic (exact) mass is 565 g/mol. The van der Waals surface area contributed by atoms with Crippen LogP contribution >= 0.6 is 11.3 Å². The molecule has 0 saturated heterocycles. The zero-order valence-electron chi connectivity index (χ0n) is 25.1. The van der Waals surface area contributed by atoms with Gasteiger partial charge in [0, 0.05) is 38.7 Å². The lowest BCUT2D eigenvalue weighted by Crippen LogP contribution is -2.22. The number of carbonyl (C=O) groups excluding carboxylic acids is 1. The molecule has 218 valence electrons. The summed E-state index contributed by atoms with van der Waals surface area (Å²) < 4.78 is 1.46. The van der Waals surface area contributed by atoms with E-state index in [2.05, 4.69) is 57.5 Å². The van der Waals surface area contributed by atoms with E-state index in [1.54, 1.807) is 18.3 Å². The van der Waals surface area contributed by atoms with Gasteiger partial charge >= 0.3 is 5.69 Å². The Morgan fingerprint density at radius 1 is 1.05 bits per heavy atom. The van der Waals surface area contributed by atoms with Crippen molar-refractivity contribution < 1.29 is 6.22 Å².